The summed E-state index contributed by atoms with van der Waals surface area (Å²) in [5.41, 5.74) is 0.227. The number of hydrogen-bond acceptors (Lipinski definition) is 3. The Morgan fingerprint density at radius 1 is 1.05 bits per heavy atom. The fraction of sp³-hybridized carbons (Fsp3) is 0.529. The monoisotopic (exact) mass is 302 g/mol. The summed E-state index contributed by atoms with van der Waals surface area (Å²) >= 11 is 0. The molecule has 1 saturated heterocycles. The predicted molar refractivity (Wildman–Crippen MR) is 79.6 cm³/mol. The molecule has 1 aromatic carbocycles. The summed E-state index contributed by atoms with van der Waals surface area (Å²) in [5.74, 6) is -1.48. The molecule has 0 aromatic heterocycles. The van der Waals surface area contributed by atoms with Gasteiger partial charge in [0, 0.05) is 11.1 Å². The Kier molecular flexibility index (Phi) is 4.43. The van der Waals surface area contributed by atoms with Gasteiger partial charge in [0.1, 0.15) is 0 Å². The zero-order valence-corrected chi connectivity index (χ0v) is 12.7. The highest BCUT2D eigenvalue weighted by Gasteiger charge is 2.31. The maximum atomic E-state index is 12.6. The van der Waals surface area contributed by atoms with E-state index in [0.717, 1.165) is 19.1 Å². The lowest BCUT2D eigenvalue weighted by atomic mass is 10.1. The lowest BCUT2D eigenvalue weighted by Gasteiger charge is -2.35. The molecule has 1 saturated carbocycles. The van der Waals surface area contributed by atoms with E-state index in [0.29, 0.717) is 13.1 Å². The van der Waals surface area contributed by atoms with E-state index in [9.17, 15) is 14.7 Å². The van der Waals surface area contributed by atoms with Gasteiger partial charge >= 0.3 is 0 Å². The van der Waals surface area contributed by atoms with Crippen LogP contribution in [0.2, 0.25) is 0 Å². The second-order valence-electron chi connectivity index (χ2n) is 6.26. The molecule has 22 heavy (non-hydrogen) atoms. The number of nitrogens with zero attached hydrogens (tertiary/aromatic N) is 1. The van der Waals surface area contributed by atoms with Gasteiger partial charge < -0.3 is 19.7 Å². The minimum Gasteiger partial charge on any atom is -0.545 e. The first-order valence-corrected chi connectivity index (χ1v) is 8.11. The Morgan fingerprint density at radius 3 is 2.23 bits per heavy atom. The summed E-state index contributed by atoms with van der Waals surface area (Å²) in [6, 6.07) is 7.07. The third-order valence-electron chi connectivity index (χ3n) is 5.00. The van der Waals surface area contributed by atoms with Gasteiger partial charge in [-0.15, -0.1) is 0 Å². The molecule has 2 aliphatic rings. The van der Waals surface area contributed by atoms with Crippen LogP contribution in [0.1, 0.15) is 46.4 Å². The number of nitrogens with one attached hydrogen (secondary N) is 1. The first-order chi connectivity index (χ1) is 10.7. The molecule has 2 fully saturated rings. The van der Waals surface area contributed by atoms with Crippen LogP contribution in [0.4, 0.5) is 0 Å². The van der Waals surface area contributed by atoms with Crippen molar-refractivity contribution >= 4 is 11.9 Å². The zero-order valence-electron chi connectivity index (χ0n) is 12.7. The van der Waals surface area contributed by atoms with Gasteiger partial charge in [-0.1, -0.05) is 18.2 Å². The van der Waals surface area contributed by atoms with Gasteiger partial charge in [0.05, 0.1) is 38.2 Å². The maximum absolute atomic E-state index is 12.6. The number of quaternary nitrogens is 1. The number of carbonyl (C=O) groups excluding carboxylic acids is 2. The summed E-state index contributed by atoms with van der Waals surface area (Å²) in [6.07, 6.45) is 5.26. The van der Waals surface area contributed by atoms with Crippen LogP contribution in [-0.4, -0.2) is 49.0 Å². The molecular weight excluding hydrogens is 280 g/mol. The molecule has 3 rings (SSSR count). The van der Waals surface area contributed by atoms with Gasteiger partial charge in [-0.05, 0) is 31.7 Å². The number of carboxylic acid groups (broad SMARTS) is 1. The van der Waals surface area contributed by atoms with Crippen LogP contribution < -0.4 is 10.0 Å². The largest absolute Gasteiger partial charge is 0.545 e. The summed E-state index contributed by atoms with van der Waals surface area (Å²) in [7, 11) is 0. The van der Waals surface area contributed by atoms with Gasteiger partial charge in [-0.25, -0.2) is 0 Å². The van der Waals surface area contributed by atoms with Crippen LogP contribution in [0.3, 0.4) is 0 Å². The first kappa shape index (κ1) is 15.0. The summed E-state index contributed by atoms with van der Waals surface area (Å²) < 4.78 is 0. The van der Waals surface area contributed by atoms with Gasteiger partial charge in [0.2, 0.25) is 0 Å². The highest BCUT2D eigenvalue weighted by molar-refractivity contribution is 6.04. The smallest absolute Gasteiger partial charge is 0.254 e. The van der Waals surface area contributed by atoms with Crippen LogP contribution in [0.25, 0.3) is 0 Å². The molecule has 1 N–H and O–H groups in total. The lowest BCUT2D eigenvalue weighted by molar-refractivity contribution is -0.928. The molecule has 1 amide bonds. The van der Waals surface area contributed by atoms with Crippen molar-refractivity contribution in [1.82, 2.24) is 4.90 Å². The van der Waals surface area contributed by atoms with Crippen molar-refractivity contribution in [2.75, 3.05) is 26.2 Å². The maximum Gasteiger partial charge on any atom is 0.254 e. The van der Waals surface area contributed by atoms with Gasteiger partial charge in [-0.2, -0.15) is 0 Å². The number of amides is 1. The van der Waals surface area contributed by atoms with Crippen LogP contribution in [0, 0.1) is 0 Å². The number of carboxylic acids is 1. The molecule has 5 nitrogen and oxygen atoms in total. The second kappa shape index (κ2) is 6.48. The summed E-state index contributed by atoms with van der Waals surface area (Å²) in [6.45, 7) is 3.33. The number of aromatic carboxylic acids is 1. The van der Waals surface area contributed by atoms with Crippen molar-refractivity contribution in [3.8, 4) is 0 Å². The topological polar surface area (TPSA) is 64.9 Å². The minimum atomic E-state index is -1.29. The average molecular weight is 302 g/mol. The van der Waals surface area contributed by atoms with Crippen molar-refractivity contribution in [1.29, 1.82) is 0 Å². The van der Waals surface area contributed by atoms with E-state index in [-0.39, 0.29) is 17.0 Å². The Morgan fingerprint density at radius 2 is 1.64 bits per heavy atom. The van der Waals surface area contributed by atoms with Crippen molar-refractivity contribution in [3.63, 3.8) is 0 Å². The molecular formula is C17H22N2O3. The van der Waals surface area contributed by atoms with Gasteiger partial charge in [0.15, 0.2) is 0 Å². The first-order valence-electron chi connectivity index (χ1n) is 8.11. The highest BCUT2D eigenvalue weighted by Crippen LogP contribution is 2.16. The van der Waals surface area contributed by atoms with Crippen molar-refractivity contribution in [2.24, 2.45) is 0 Å². The Balaban J connectivity index is 1.66. The number of carbonyl (C=O) groups is 2. The molecule has 0 atom stereocenters. The Bertz CT molecular complexity index is 559. The number of piperazine rings is 1. The highest BCUT2D eigenvalue weighted by atomic mass is 16.4. The van der Waals surface area contributed by atoms with Crippen LogP contribution in [0.5, 0.6) is 0 Å². The molecule has 0 spiro atoms. The third kappa shape index (κ3) is 2.99. The van der Waals surface area contributed by atoms with E-state index in [4.69, 9.17) is 0 Å². The van der Waals surface area contributed by atoms with Gasteiger partial charge in [-0.3, -0.25) is 4.79 Å². The van der Waals surface area contributed by atoms with Crippen molar-refractivity contribution in [3.05, 3.63) is 35.4 Å². The van der Waals surface area contributed by atoms with E-state index in [1.807, 2.05) is 0 Å². The van der Waals surface area contributed by atoms with E-state index >= 15 is 0 Å². The van der Waals surface area contributed by atoms with Crippen molar-refractivity contribution in [2.45, 2.75) is 31.7 Å². The third-order valence-corrected chi connectivity index (χ3v) is 5.00. The van der Waals surface area contributed by atoms with E-state index in [1.54, 1.807) is 28.0 Å². The number of hydrogen-bond donors (Lipinski definition) is 1. The van der Waals surface area contributed by atoms with Crippen LogP contribution in [-0.2, 0) is 0 Å². The van der Waals surface area contributed by atoms with Gasteiger partial charge in [0.25, 0.3) is 5.91 Å². The molecule has 0 bridgehead atoms. The molecule has 1 aromatic rings. The van der Waals surface area contributed by atoms with E-state index < -0.39 is 5.97 Å². The number of benzene rings is 1. The normalized spacial score (nSPS) is 20.3. The molecule has 5 heteroatoms. The molecule has 0 unspecified atom stereocenters. The molecule has 1 aliphatic carbocycles. The van der Waals surface area contributed by atoms with Crippen LogP contribution in [0.15, 0.2) is 24.3 Å². The zero-order chi connectivity index (χ0) is 15.5. The quantitative estimate of drug-likeness (QED) is 0.806. The summed E-state index contributed by atoms with van der Waals surface area (Å²) in [5, 5.41) is 11.1. The van der Waals surface area contributed by atoms with Crippen LogP contribution >= 0.6 is 0 Å². The summed E-state index contributed by atoms with van der Waals surface area (Å²) in [4.78, 5) is 27.1. The second-order valence-corrected chi connectivity index (χ2v) is 6.26. The lowest BCUT2D eigenvalue weighted by Crippen LogP contribution is -3.18. The standard InChI is InChI=1S/C17H22N2O3/c20-16(14-7-3-4-8-15(14)17(21)22)19-11-9-18(10-12-19)13-5-1-2-6-13/h3-4,7-8,13H,1-2,5-6,9-12H2,(H,21,22). The SMILES string of the molecule is O=C([O-])c1ccccc1C(=O)N1CC[NH+](C2CCCC2)CC1. The minimum absolute atomic E-state index is 0.0157. The predicted octanol–water partition coefficient (Wildman–Crippen LogP) is -0.667. The molecule has 118 valence electrons. The van der Waals surface area contributed by atoms with E-state index in [2.05, 4.69) is 0 Å². The molecule has 1 heterocycles. The fourth-order valence-corrected chi connectivity index (χ4v) is 3.76. The average Bonchev–Trinajstić information content (AvgIpc) is 3.09. The Hall–Kier alpha value is -1.88. The Labute approximate surface area is 130 Å². The molecule has 1 aliphatic heterocycles. The fourth-order valence-electron chi connectivity index (χ4n) is 3.76. The van der Waals surface area contributed by atoms with E-state index in [1.165, 1.54) is 31.7 Å². The number of rotatable bonds is 3. The molecule has 0 radical (unpaired) electrons. The van der Waals surface area contributed by atoms with Crippen molar-refractivity contribution < 1.29 is 19.6 Å².